The summed E-state index contributed by atoms with van der Waals surface area (Å²) in [7, 11) is 0. The molecule has 64 valence electrons. The van der Waals surface area contributed by atoms with Gasteiger partial charge in [-0.3, -0.25) is 4.79 Å². The van der Waals surface area contributed by atoms with E-state index in [1.54, 1.807) is 13.8 Å². The zero-order valence-corrected chi connectivity index (χ0v) is 6.87. The molecule has 0 aromatic carbocycles. The van der Waals surface area contributed by atoms with Gasteiger partial charge in [-0.2, -0.15) is 0 Å². The lowest BCUT2D eigenvalue weighted by atomic mass is 9.86. The molecule has 1 rings (SSSR count). The van der Waals surface area contributed by atoms with Crippen molar-refractivity contribution < 1.29 is 15.0 Å². The topological polar surface area (TPSA) is 57.5 Å². The van der Waals surface area contributed by atoms with Crippen molar-refractivity contribution in [3.8, 4) is 0 Å². The minimum atomic E-state index is -1.01. The van der Waals surface area contributed by atoms with Crippen LogP contribution in [0.25, 0.3) is 0 Å². The smallest absolute Gasteiger partial charge is 0.309 e. The van der Waals surface area contributed by atoms with Crippen LogP contribution in [0.3, 0.4) is 0 Å². The van der Waals surface area contributed by atoms with Gasteiger partial charge in [0.05, 0.1) is 11.5 Å². The molecular formula is C8H14O3. The molecule has 0 aromatic rings. The number of carboxylic acid groups (broad SMARTS) is 1. The van der Waals surface area contributed by atoms with Gasteiger partial charge < -0.3 is 10.2 Å². The summed E-state index contributed by atoms with van der Waals surface area (Å²) in [5.74, 6) is -1.37. The number of carbonyl (C=O) groups is 1. The van der Waals surface area contributed by atoms with E-state index in [2.05, 4.69) is 0 Å². The molecule has 1 saturated carbocycles. The summed E-state index contributed by atoms with van der Waals surface area (Å²) in [4.78, 5) is 10.5. The fourth-order valence-corrected chi connectivity index (χ4v) is 1.27. The summed E-state index contributed by atoms with van der Waals surface area (Å²) in [6.07, 6.45) is 1.93. The molecule has 11 heavy (non-hydrogen) atoms. The number of rotatable bonds is 3. The van der Waals surface area contributed by atoms with Gasteiger partial charge in [0.25, 0.3) is 0 Å². The lowest BCUT2D eigenvalue weighted by Gasteiger charge is -2.26. The Morgan fingerprint density at radius 1 is 1.64 bits per heavy atom. The van der Waals surface area contributed by atoms with E-state index in [0.717, 1.165) is 12.8 Å². The van der Waals surface area contributed by atoms with E-state index in [-0.39, 0.29) is 5.92 Å². The van der Waals surface area contributed by atoms with Gasteiger partial charge in [-0.15, -0.1) is 0 Å². The van der Waals surface area contributed by atoms with E-state index in [0.29, 0.717) is 0 Å². The molecule has 1 aliphatic carbocycles. The monoisotopic (exact) mass is 158 g/mol. The van der Waals surface area contributed by atoms with Crippen molar-refractivity contribution in [3.63, 3.8) is 0 Å². The molecule has 1 fully saturated rings. The maximum atomic E-state index is 10.5. The van der Waals surface area contributed by atoms with Crippen molar-refractivity contribution in [2.45, 2.75) is 32.3 Å². The van der Waals surface area contributed by atoms with Gasteiger partial charge in [-0.25, -0.2) is 0 Å². The van der Waals surface area contributed by atoms with Crippen LogP contribution in [-0.2, 0) is 4.79 Å². The molecule has 0 aliphatic heterocycles. The third-order valence-electron chi connectivity index (χ3n) is 2.65. The van der Waals surface area contributed by atoms with Crippen LogP contribution >= 0.6 is 0 Å². The average molecular weight is 158 g/mol. The van der Waals surface area contributed by atoms with Crippen LogP contribution in [0.1, 0.15) is 26.7 Å². The van der Waals surface area contributed by atoms with Crippen molar-refractivity contribution in [1.29, 1.82) is 0 Å². The molecule has 0 heterocycles. The first kappa shape index (κ1) is 8.53. The second kappa shape index (κ2) is 2.48. The predicted octanol–water partition coefficient (Wildman–Crippen LogP) is 0.868. The van der Waals surface area contributed by atoms with E-state index >= 15 is 0 Å². The van der Waals surface area contributed by atoms with Crippen molar-refractivity contribution in [3.05, 3.63) is 0 Å². The minimum absolute atomic E-state index is 0.202. The van der Waals surface area contributed by atoms with E-state index in [4.69, 9.17) is 5.11 Å². The Hall–Kier alpha value is -0.570. The first-order chi connectivity index (χ1) is 4.96. The number of carboxylic acids is 1. The van der Waals surface area contributed by atoms with E-state index in [9.17, 15) is 9.90 Å². The molecule has 2 unspecified atom stereocenters. The summed E-state index contributed by atoms with van der Waals surface area (Å²) in [6.45, 7) is 3.17. The minimum Gasteiger partial charge on any atom is -0.481 e. The highest BCUT2D eigenvalue weighted by molar-refractivity contribution is 5.71. The molecule has 0 spiro atoms. The highest BCUT2D eigenvalue weighted by Crippen LogP contribution is 2.43. The number of aliphatic hydroxyl groups is 1. The van der Waals surface area contributed by atoms with E-state index < -0.39 is 17.5 Å². The Labute approximate surface area is 66.0 Å². The van der Waals surface area contributed by atoms with Crippen molar-refractivity contribution in [2.24, 2.45) is 11.8 Å². The van der Waals surface area contributed by atoms with E-state index in [1.807, 2.05) is 0 Å². The maximum Gasteiger partial charge on any atom is 0.309 e. The fraction of sp³-hybridized carbons (Fsp3) is 0.875. The molecule has 0 amide bonds. The Kier molecular flexibility index (Phi) is 1.92. The van der Waals surface area contributed by atoms with Gasteiger partial charge in [-0.05, 0) is 32.6 Å². The van der Waals surface area contributed by atoms with Crippen LogP contribution in [0.5, 0.6) is 0 Å². The Morgan fingerprint density at radius 2 is 2.09 bits per heavy atom. The van der Waals surface area contributed by atoms with Gasteiger partial charge in [0.15, 0.2) is 0 Å². The summed E-state index contributed by atoms with van der Waals surface area (Å²) < 4.78 is 0. The van der Waals surface area contributed by atoms with Gasteiger partial charge in [0.2, 0.25) is 0 Å². The van der Waals surface area contributed by atoms with Crippen molar-refractivity contribution in [1.82, 2.24) is 0 Å². The van der Waals surface area contributed by atoms with Crippen LogP contribution in [0.4, 0.5) is 0 Å². The predicted molar refractivity (Wildman–Crippen MR) is 40.1 cm³/mol. The largest absolute Gasteiger partial charge is 0.481 e. The van der Waals surface area contributed by atoms with Crippen LogP contribution in [0.2, 0.25) is 0 Å². The quantitative estimate of drug-likeness (QED) is 0.640. The van der Waals surface area contributed by atoms with Gasteiger partial charge in [0, 0.05) is 0 Å². The van der Waals surface area contributed by atoms with Crippen molar-refractivity contribution in [2.75, 3.05) is 0 Å². The second-order valence-electron chi connectivity index (χ2n) is 3.56. The number of aliphatic carboxylic acids is 1. The Bertz CT molecular complexity index is 170. The molecule has 1 aliphatic rings. The van der Waals surface area contributed by atoms with Crippen LogP contribution in [0.15, 0.2) is 0 Å². The third-order valence-corrected chi connectivity index (χ3v) is 2.65. The van der Waals surface area contributed by atoms with Gasteiger partial charge in [-0.1, -0.05) is 0 Å². The lowest BCUT2D eigenvalue weighted by molar-refractivity contribution is -0.151. The zero-order valence-electron chi connectivity index (χ0n) is 6.87. The number of hydrogen-bond donors (Lipinski definition) is 2. The lowest BCUT2D eigenvalue weighted by Crippen LogP contribution is -2.39. The first-order valence-corrected chi connectivity index (χ1v) is 3.91. The second-order valence-corrected chi connectivity index (χ2v) is 3.56. The molecule has 0 radical (unpaired) electrons. The molecule has 0 bridgehead atoms. The average Bonchev–Trinajstić information content (AvgIpc) is 2.66. The van der Waals surface area contributed by atoms with E-state index in [1.165, 1.54) is 0 Å². The van der Waals surface area contributed by atoms with Gasteiger partial charge in [0.1, 0.15) is 0 Å². The van der Waals surface area contributed by atoms with Crippen LogP contribution in [-0.4, -0.2) is 21.8 Å². The Morgan fingerprint density at radius 3 is 2.36 bits per heavy atom. The highest BCUT2D eigenvalue weighted by atomic mass is 16.4. The fourth-order valence-electron chi connectivity index (χ4n) is 1.27. The molecule has 2 N–H and O–H groups in total. The Balaban J connectivity index is 2.61. The summed E-state index contributed by atoms with van der Waals surface area (Å²) in [5, 5.41) is 18.3. The number of hydrogen-bond acceptors (Lipinski definition) is 2. The molecule has 0 aromatic heterocycles. The molecular weight excluding hydrogens is 144 g/mol. The van der Waals surface area contributed by atoms with Crippen molar-refractivity contribution >= 4 is 5.97 Å². The van der Waals surface area contributed by atoms with Gasteiger partial charge >= 0.3 is 5.97 Å². The standard InChI is InChI=1S/C8H14O3/c1-5(7(9)10)8(2,11)6-3-4-6/h5-6,11H,3-4H2,1-2H3,(H,9,10). The summed E-state index contributed by atoms with van der Waals surface area (Å²) in [6, 6.07) is 0. The zero-order chi connectivity index (χ0) is 8.65. The molecule has 0 saturated heterocycles. The molecule has 3 nitrogen and oxygen atoms in total. The normalized spacial score (nSPS) is 25.7. The summed E-state index contributed by atoms with van der Waals surface area (Å²) >= 11 is 0. The molecule has 3 heteroatoms. The molecule has 2 atom stereocenters. The summed E-state index contributed by atoms with van der Waals surface area (Å²) in [5.41, 5.74) is -1.01. The third kappa shape index (κ3) is 1.53. The SMILES string of the molecule is CC(C(=O)O)C(C)(O)C1CC1. The maximum absolute atomic E-state index is 10.5. The highest BCUT2D eigenvalue weighted by Gasteiger charge is 2.46. The first-order valence-electron chi connectivity index (χ1n) is 3.91. The van der Waals surface area contributed by atoms with Crippen LogP contribution < -0.4 is 0 Å². The van der Waals surface area contributed by atoms with Crippen LogP contribution in [0, 0.1) is 11.8 Å².